The number of carbonyl (C=O) groups excluding carboxylic acids is 6. The Hall–Kier alpha value is -8.76. The van der Waals surface area contributed by atoms with Crippen molar-refractivity contribution < 1.29 is 160 Å². The molecule has 0 bridgehead atoms. The Morgan fingerprint density at radius 2 is 0.864 bits per heavy atom. The van der Waals surface area contributed by atoms with Crippen LogP contribution in [-0.2, 0) is 113 Å². The molecule has 2 aromatic rings. The van der Waals surface area contributed by atoms with Gasteiger partial charge in [-0.1, -0.05) is 116 Å². The number of aliphatic hydroxyl groups excluding tert-OH is 9. The van der Waals surface area contributed by atoms with E-state index in [4.69, 9.17) is 81.3 Å². The molecule has 4 fully saturated rings. The second kappa shape index (κ2) is 59.3. The number of allylic oxidation sites excluding steroid dienone is 12. The summed E-state index contributed by atoms with van der Waals surface area (Å²) in [6.45, 7) is -1.30. The molecule has 0 aromatic heterocycles. The number of carbonyl (C=O) groups is 7. The van der Waals surface area contributed by atoms with Crippen LogP contribution in [0.2, 0.25) is 0 Å². The molecule has 4 saturated heterocycles. The van der Waals surface area contributed by atoms with Gasteiger partial charge in [0.2, 0.25) is 23.6 Å². The summed E-state index contributed by atoms with van der Waals surface area (Å²) in [7, 11) is 3.67. The first-order valence-electron chi connectivity index (χ1n) is 41.7. The zero-order chi connectivity index (χ0) is 90.8. The highest BCUT2D eigenvalue weighted by Gasteiger charge is 2.53. The van der Waals surface area contributed by atoms with E-state index >= 15 is 0 Å². The van der Waals surface area contributed by atoms with Crippen molar-refractivity contribution in [3.05, 3.63) is 143 Å². The molecule has 698 valence electrons. The van der Waals surface area contributed by atoms with Gasteiger partial charge in [-0.3, -0.25) is 19.2 Å². The van der Waals surface area contributed by atoms with E-state index < -0.39 is 204 Å². The summed E-state index contributed by atoms with van der Waals surface area (Å²) in [5.74, 6) is -4.16. The van der Waals surface area contributed by atoms with Crippen molar-refractivity contribution in [3.8, 4) is 11.5 Å². The van der Waals surface area contributed by atoms with Crippen molar-refractivity contribution in [2.75, 3.05) is 107 Å². The largest absolute Gasteiger partial charge is 0.492 e. The maximum Gasteiger partial charge on any atom is 0.329 e. The molecule has 125 heavy (non-hydrogen) atoms. The molecule has 4 heterocycles. The average Bonchev–Trinajstić information content (AvgIpc) is 0.793. The van der Waals surface area contributed by atoms with Gasteiger partial charge < -0.3 is 148 Å². The Balaban J connectivity index is 0.998. The first-order chi connectivity index (χ1) is 60.3. The van der Waals surface area contributed by atoms with Gasteiger partial charge in [-0.2, -0.15) is 0 Å². The number of esters is 2. The third-order valence-corrected chi connectivity index (χ3v) is 19.8. The van der Waals surface area contributed by atoms with Crippen molar-refractivity contribution in [3.63, 3.8) is 0 Å². The van der Waals surface area contributed by atoms with Gasteiger partial charge in [0.1, 0.15) is 154 Å². The number of nitrogens with one attached hydrogen (secondary N) is 4. The fourth-order valence-electron chi connectivity index (χ4n) is 13.2. The summed E-state index contributed by atoms with van der Waals surface area (Å²) in [6, 6.07) is 11.3. The molecule has 4 aliphatic heterocycles. The van der Waals surface area contributed by atoms with Crippen molar-refractivity contribution in [1.82, 2.24) is 21.3 Å². The highest BCUT2D eigenvalue weighted by atomic mass is 16.8. The summed E-state index contributed by atoms with van der Waals surface area (Å²) < 4.78 is 90.1. The highest BCUT2D eigenvalue weighted by Crippen LogP contribution is 2.32. The van der Waals surface area contributed by atoms with Gasteiger partial charge in [-0.05, 0) is 106 Å². The predicted molar refractivity (Wildman–Crippen MR) is 442 cm³/mol. The minimum Gasteiger partial charge on any atom is -0.492 e. The Labute approximate surface area is 725 Å². The van der Waals surface area contributed by atoms with Gasteiger partial charge in [0, 0.05) is 51.4 Å². The quantitative estimate of drug-likeness (QED) is 0.0111. The lowest BCUT2D eigenvalue weighted by Gasteiger charge is -2.45. The zero-order valence-electron chi connectivity index (χ0n) is 71.0. The molecule has 4 amide bonds. The normalized spacial score (nSPS) is 27.0. The van der Waals surface area contributed by atoms with Crippen LogP contribution in [0, 0.1) is 0 Å². The number of carboxylic acid groups (broad SMARTS) is 1. The van der Waals surface area contributed by atoms with Crippen LogP contribution < -0.4 is 30.7 Å². The van der Waals surface area contributed by atoms with E-state index in [1.165, 1.54) is 14.2 Å². The molecule has 0 spiro atoms. The van der Waals surface area contributed by atoms with E-state index in [2.05, 4.69) is 99.0 Å². The number of azide groups is 1. The van der Waals surface area contributed by atoms with Crippen LogP contribution in [-0.4, -0.2) is 335 Å². The number of hydrogen-bond donors (Lipinski definition) is 14. The molecular weight excluding hydrogens is 1650 g/mol. The van der Waals surface area contributed by atoms with Gasteiger partial charge in [-0.15, -0.1) is 0 Å². The van der Waals surface area contributed by atoms with Crippen LogP contribution in [0.4, 0.5) is 0 Å². The number of methoxy groups -OCH3 is 3. The first kappa shape index (κ1) is 105. The number of nitrogens with zero attached hydrogens (tertiary/aromatic N) is 3. The van der Waals surface area contributed by atoms with Gasteiger partial charge in [0.05, 0.1) is 53.2 Å². The number of carboxylic acids is 1. The fourth-order valence-corrected chi connectivity index (χ4v) is 13.2. The predicted octanol–water partition coefficient (Wildman–Crippen LogP) is 1.25. The molecule has 0 radical (unpaired) electrons. The Bertz CT molecular complexity index is 3740. The Morgan fingerprint density at radius 1 is 0.456 bits per heavy atom. The lowest BCUT2D eigenvalue weighted by Crippen LogP contribution is -2.64. The van der Waals surface area contributed by atoms with E-state index in [1.807, 2.05) is 12.2 Å². The Kier molecular flexibility index (Phi) is 49.8. The van der Waals surface area contributed by atoms with Crippen molar-refractivity contribution in [2.45, 2.75) is 239 Å². The molecule has 2 aromatic carbocycles. The van der Waals surface area contributed by atoms with Crippen LogP contribution in [0.3, 0.4) is 0 Å². The molecule has 14 N–H and O–H groups in total. The van der Waals surface area contributed by atoms with Crippen LogP contribution in [0.5, 0.6) is 11.5 Å². The molecule has 22 atom stereocenters. The molecule has 40 nitrogen and oxygen atoms in total. The summed E-state index contributed by atoms with van der Waals surface area (Å²) in [5.41, 5.74) is 9.80. The van der Waals surface area contributed by atoms with E-state index in [9.17, 15) is 84.6 Å². The number of aliphatic carboxylic acids is 1. The minimum atomic E-state index is -2.02. The van der Waals surface area contributed by atoms with Crippen molar-refractivity contribution in [1.29, 1.82) is 0 Å². The van der Waals surface area contributed by atoms with Crippen LogP contribution >= 0.6 is 0 Å². The molecule has 4 aliphatic rings. The second-order valence-electron chi connectivity index (χ2n) is 29.3. The maximum absolute atomic E-state index is 13.4. The number of amides is 4. The third-order valence-electron chi connectivity index (χ3n) is 19.8. The molecular formula is C85H125N7O33. The summed E-state index contributed by atoms with van der Waals surface area (Å²) in [4.78, 5) is 92.2. The van der Waals surface area contributed by atoms with Crippen molar-refractivity contribution in [2.24, 2.45) is 5.11 Å². The third kappa shape index (κ3) is 37.6. The SMILES string of the molecule is CC/C=C\C/C=C\C/C=C\C/C=C\C/C=C\C/C=C\CCC(=O)N[C@@H](Cc1ccc(OCCNC(=O)CO[C@@H]2C(O)[C@@H](OCC3O[C@@H](OCC4O[C@@H](OC)C(O)[C@@H](OCC(=O)NCCOc5ccc(C[C@H](NC(=O)CCCCCN=[N+]=[N-])C(=O)OCC)cc5)[C@@H]4O)C(O)[C@@H](OCC(=O)O)[C@@H]3O)OC(CO[C@@H]3OC(COC)[C@@H](O)[C@H](O)C3O)[C@H]2O)cc1)C(=O)OC. The smallest absolute Gasteiger partial charge is 0.329 e. The monoisotopic (exact) mass is 1770 g/mol. The molecule has 0 saturated carbocycles. The van der Waals surface area contributed by atoms with Gasteiger partial charge in [0.25, 0.3) is 0 Å². The maximum atomic E-state index is 13.4. The number of hydrogen-bond acceptors (Lipinski definition) is 33. The van der Waals surface area contributed by atoms with E-state index in [0.717, 1.165) is 39.2 Å². The summed E-state index contributed by atoms with van der Waals surface area (Å²) >= 11 is 0. The van der Waals surface area contributed by atoms with Crippen LogP contribution in [0.15, 0.2) is 127 Å². The van der Waals surface area contributed by atoms with Gasteiger partial charge >= 0.3 is 17.9 Å². The number of benzene rings is 2. The second-order valence-corrected chi connectivity index (χ2v) is 29.3. The summed E-state index contributed by atoms with van der Waals surface area (Å²) in [5, 5.41) is 125. The van der Waals surface area contributed by atoms with Crippen LogP contribution in [0.25, 0.3) is 10.4 Å². The van der Waals surface area contributed by atoms with E-state index in [1.54, 1.807) is 55.5 Å². The number of aliphatic hydroxyl groups is 9. The molecule has 40 heteroatoms. The van der Waals surface area contributed by atoms with E-state index in [0.29, 0.717) is 61.3 Å². The molecule has 6 rings (SSSR count). The lowest BCUT2D eigenvalue weighted by molar-refractivity contribution is -0.351. The first-order valence-corrected chi connectivity index (χ1v) is 41.7. The Morgan fingerprint density at radius 3 is 1.29 bits per heavy atom. The standard InChI is InChI=1S/C85H125N7O33/c1-6-8-9-10-11-12-13-14-15-16-17-18-19-20-21-22-23-24-26-29-63(93)90-57(80(108)111-4)44-53-31-35-55(36-32-53)114-43-41-88-66(96)51-117-78-70(101)61(48-119-83-73(104)72(103)68(99)59(123-83)46-110-3)124-84(75(78)106)121-49-62-71(102)79(118-52-67(97)98)76(107)85(125-62)120-47-60-69(100)77(74(105)82(112-5)122-60)116-50-65(95)87-40-42-115-56-37-33-54(34-38-56)45-58(81(109)113-7-2)91-64(94)30-27-25-28-39-89-92-86/h8-9,11-12,14-15,17-18,20-21,23-24,31-38,57-62,68-79,82-85,99-107H,6-7,10,13,16,19,22,25-30,39-52H2,1-5H3,(H,87,95)(H,88,96)(H,90,93)(H,91,94)(H,97,98)/b9-8-,12-11-,15-14-,18-17-,21-20-,24-23-/t57-,58-,59?,60?,61?,62?,68+,69+,70+,71+,72-,73?,74?,75?,76?,77-,78-,79-,82+,83+,84-,85+/m0/s1. The molecule has 0 aliphatic carbocycles. The van der Waals surface area contributed by atoms with Gasteiger partial charge in [-0.25, -0.2) is 14.4 Å². The number of ether oxygens (including phenoxy) is 16. The average molecular weight is 1770 g/mol. The lowest BCUT2D eigenvalue weighted by atomic mass is 9.97. The minimum absolute atomic E-state index is 0.0377. The zero-order valence-corrected chi connectivity index (χ0v) is 71.0. The number of unbranched alkanes of at least 4 members (excludes halogenated alkanes) is 2. The fraction of sp³-hybridized carbons (Fsp3) is 0.635. The number of rotatable bonds is 58. The highest BCUT2D eigenvalue weighted by molar-refractivity contribution is 5.85. The molecule has 8 unspecified atom stereocenters. The van der Waals surface area contributed by atoms with Crippen molar-refractivity contribution >= 4 is 41.5 Å². The summed E-state index contributed by atoms with van der Waals surface area (Å²) in [6.07, 6.45) is -1.73. The van der Waals surface area contributed by atoms with Gasteiger partial charge in [0.15, 0.2) is 25.2 Å². The van der Waals surface area contributed by atoms with Crippen LogP contribution in [0.1, 0.15) is 102 Å². The van der Waals surface area contributed by atoms with E-state index in [-0.39, 0.29) is 77.0 Å². The topological polar surface area (TPSA) is 566 Å².